The molecule has 0 atom stereocenters. The maximum Gasteiger partial charge on any atom is 0.194 e. The van der Waals surface area contributed by atoms with Gasteiger partial charge in [0.25, 0.3) is 0 Å². The minimum absolute atomic E-state index is 0.347. The van der Waals surface area contributed by atoms with Gasteiger partial charge in [0.1, 0.15) is 5.75 Å². The topological polar surface area (TPSA) is 50.3 Å². The highest BCUT2D eigenvalue weighted by Gasteiger charge is 2.18. The number of ether oxygens (including phenoxy) is 1. The fourth-order valence-electron chi connectivity index (χ4n) is 2.43. The second kappa shape index (κ2) is 5.23. The second-order valence-corrected chi connectivity index (χ2v) is 6.01. The summed E-state index contributed by atoms with van der Waals surface area (Å²) < 4.78 is 7.29. The van der Waals surface area contributed by atoms with Gasteiger partial charge in [-0.1, -0.05) is 0 Å². The number of benzene rings is 1. The van der Waals surface area contributed by atoms with Gasteiger partial charge in [-0.15, -0.1) is 11.3 Å². The van der Waals surface area contributed by atoms with E-state index in [2.05, 4.69) is 24.3 Å². The van der Waals surface area contributed by atoms with Crippen molar-refractivity contribution in [2.75, 3.05) is 7.11 Å². The lowest BCUT2D eigenvalue weighted by Gasteiger charge is -2.04. The van der Waals surface area contributed by atoms with E-state index in [9.17, 15) is 0 Å². The van der Waals surface area contributed by atoms with Crippen molar-refractivity contribution in [2.24, 2.45) is 0 Å². The van der Waals surface area contributed by atoms with Gasteiger partial charge >= 0.3 is 0 Å². The van der Waals surface area contributed by atoms with Gasteiger partial charge in [0.05, 0.1) is 31.0 Å². The van der Waals surface area contributed by atoms with Crippen LogP contribution in [0.1, 0.15) is 16.3 Å². The molecule has 0 aliphatic heterocycles. The Morgan fingerprint density at radius 2 is 2.00 bits per heavy atom. The van der Waals surface area contributed by atoms with Crippen LogP contribution in [0.15, 0.2) is 24.3 Å². The Balaban J connectivity index is 2.21. The van der Waals surface area contributed by atoms with E-state index in [-0.39, 0.29) is 0 Å². The summed E-state index contributed by atoms with van der Waals surface area (Å²) in [6.07, 6.45) is 0.347. The molecule has 21 heavy (non-hydrogen) atoms. The van der Waals surface area contributed by atoms with Crippen LogP contribution in [0.5, 0.6) is 5.75 Å². The third kappa shape index (κ3) is 2.18. The Bertz CT molecular complexity index is 837. The van der Waals surface area contributed by atoms with Crippen molar-refractivity contribution in [1.29, 1.82) is 5.26 Å². The molecule has 0 aliphatic rings. The van der Waals surface area contributed by atoms with Crippen molar-refractivity contribution in [1.82, 2.24) is 9.38 Å². The minimum Gasteiger partial charge on any atom is -0.497 e. The molecule has 0 fully saturated rings. The third-order valence-corrected chi connectivity index (χ3v) is 4.70. The maximum absolute atomic E-state index is 9.14. The van der Waals surface area contributed by atoms with E-state index in [0.717, 1.165) is 33.4 Å². The first-order valence-electron chi connectivity index (χ1n) is 6.64. The zero-order valence-electron chi connectivity index (χ0n) is 12.2. The summed E-state index contributed by atoms with van der Waals surface area (Å²) in [6.45, 7) is 4.15. The standard InChI is InChI=1S/C16H15N3OS/c1-10-11(2)21-16-18-15(14(8-9-17)19(10)16)12-4-6-13(20-3)7-5-12/h4-7H,8H2,1-3H3. The summed E-state index contributed by atoms with van der Waals surface area (Å²) in [7, 11) is 1.65. The van der Waals surface area contributed by atoms with Gasteiger partial charge in [-0.05, 0) is 38.1 Å². The Labute approximate surface area is 127 Å². The number of nitrogens with zero attached hydrogens (tertiary/aromatic N) is 3. The number of aryl methyl sites for hydroxylation is 2. The van der Waals surface area contributed by atoms with Crippen LogP contribution in [0.2, 0.25) is 0 Å². The van der Waals surface area contributed by atoms with Gasteiger partial charge in [-0.25, -0.2) is 4.98 Å². The molecule has 106 valence electrons. The quantitative estimate of drug-likeness (QED) is 0.739. The van der Waals surface area contributed by atoms with Crippen LogP contribution >= 0.6 is 11.3 Å². The predicted molar refractivity (Wildman–Crippen MR) is 83.8 cm³/mol. The molecule has 0 unspecified atom stereocenters. The molecule has 0 saturated heterocycles. The van der Waals surface area contributed by atoms with E-state index in [1.165, 1.54) is 4.88 Å². The molecule has 0 radical (unpaired) electrons. The van der Waals surface area contributed by atoms with Crippen molar-refractivity contribution in [2.45, 2.75) is 20.3 Å². The molecule has 0 aliphatic carbocycles. The molecule has 2 aromatic heterocycles. The molecule has 0 saturated carbocycles. The van der Waals surface area contributed by atoms with Gasteiger partial charge in [0, 0.05) is 16.1 Å². The van der Waals surface area contributed by atoms with E-state index in [1.54, 1.807) is 18.4 Å². The monoisotopic (exact) mass is 297 g/mol. The third-order valence-electron chi connectivity index (χ3n) is 3.64. The van der Waals surface area contributed by atoms with Crippen LogP contribution < -0.4 is 4.74 Å². The van der Waals surface area contributed by atoms with Crippen molar-refractivity contribution in [3.63, 3.8) is 0 Å². The average molecular weight is 297 g/mol. The molecule has 0 amide bonds. The molecular weight excluding hydrogens is 282 g/mol. The lowest BCUT2D eigenvalue weighted by Crippen LogP contribution is -1.95. The molecule has 4 nitrogen and oxygen atoms in total. The number of thiazole rings is 1. The van der Waals surface area contributed by atoms with Crippen molar-refractivity contribution in [3.05, 3.63) is 40.5 Å². The van der Waals surface area contributed by atoms with E-state index in [1.807, 2.05) is 24.3 Å². The molecule has 0 bridgehead atoms. The number of hydrogen-bond donors (Lipinski definition) is 0. The largest absolute Gasteiger partial charge is 0.497 e. The molecular formula is C16H15N3OS. The molecule has 2 heterocycles. The second-order valence-electron chi connectivity index (χ2n) is 4.83. The fourth-order valence-corrected chi connectivity index (χ4v) is 3.42. The number of rotatable bonds is 3. The molecule has 0 spiro atoms. The van der Waals surface area contributed by atoms with Crippen LogP contribution in [-0.4, -0.2) is 16.5 Å². The Kier molecular flexibility index (Phi) is 3.40. The number of nitriles is 1. The van der Waals surface area contributed by atoms with Crippen LogP contribution in [0.3, 0.4) is 0 Å². The number of imidazole rings is 1. The zero-order valence-corrected chi connectivity index (χ0v) is 13.0. The van der Waals surface area contributed by atoms with Crippen molar-refractivity contribution in [3.8, 4) is 23.1 Å². The summed E-state index contributed by atoms with van der Waals surface area (Å²) in [5, 5.41) is 9.14. The Morgan fingerprint density at radius 3 is 2.62 bits per heavy atom. The highest BCUT2D eigenvalue weighted by Crippen LogP contribution is 2.31. The molecule has 0 N–H and O–H groups in total. The first-order valence-corrected chi connectivity index (χ1v) is 7.46. The fraction of sp³-hybridized carbons (Fsp3) is 0.250. The minimum atomic E-state index is 0.347. The van der Waals surface area contributed by atoms with Gasteiger partial charge in [0.15, 0.2) is 4.96 Å². The lowest BCUT2D eigenvalue weighted by molar-refractivity contribution is 0.415. The van der Waals surface area contributed by atoms with Crippen LogP contribution in [0, 0.1) is 25.2 Å². The molecule has 5 heteroatoms. The Hall–Kier alpha value is -2.32. The number of aromatic nitrogens is 2. The zero-order chi connectivity index (χ0) is 15.0. The summed E-state index contributed by atoms with van der Waals surface area (Å²) in [5.41, 5.74) is 4.01. The summed E-state index contributed by atoms with van der Waals surface area (Å²) in [6, 6.07) is 10.0. The molecule has 3 rings (SSSR count). The number of methoxy groups -OCH3 is 1. The Morgan fingerprint density at radius 1 is 1.29 bits per heavy atom. The lowest BCUT2D eigenvalue weighted by atomic mass is 10.1. The van der Waals surface area contributed by atoms with E-state index in [4.69, 9.17) is 15.0 Å². The summed E-state index contributed by atoms with van der Waals surface area (Å²) >= 11 is 1.66. The summed E-state index contributed by atoms with van der Waals surface area (Å²) in [4.78, 5) is 6.91. The van der Waals surface area contributed by atoms with Gasteiger partial charge < -0.3 is 4.74 Å². The van der Waals surface area contributed by atoms with Crippen molar-refractivity contribution >= 4 is 16.3 Å². The number of fused-ring (bicyclic) bond motifs is 1. The molecule has 3 aromatic rings. The first-order chi connectivity index (χ1) is 10.2. The highest BCUT2D eigenvalue weighted by atomic mass is 32.1. The van der Waals surface area contributed by atoms with Gasteiger partial charge in [0.2, 0.25) is 0 Å². The van der Waals surface area contributed by atoms with E-state index >= 15 is 0 Å². The van der Waals surface area contributed by atoms with Gasteiger partial charge in [-0.3, -0.25) is 4.40 Å². The van der Waals surface area contributed by atoms with E-state index < -0.39 is 0 Å². The van der Waals surface area contributed by atoms with Crippen LogP contribution in [0.25, 0.3) is 16.2 Å². The molecule has 1 aromatic carbocycles. The van der Waals surface area contributed by atoms with Crippen LogP contribution in [-0.2, 0) is 6.42 Å². The maximum atomic E-state index is 9.14. The van der Waals surface area contributed by atoms with Gasteiger partial charge in [-0.2, -0.15) is 5.26 Å². The average Bonchev–Trinajstić information content (AvgIpc) is 2.98. The number of hydrogen-bond acceptors (Lipinski definition) is 4. The van der Waals surface area contributed by atoms with Crippen molar-refractivity contribution < 1.29 is 4.74 Å². The predicted octanol–water partition coefficient (Wildman–Crippen LogP) is 3.75. The van der Waals surface area contributed by atoms with E-state index in [0.29, 0.717) is 6.42 Å². The van der Waals surface area contributed by atoms with Crippen LogP contribution in [0.4, 0.5) is 0 Å². The smallest absolute Gasteiger partial charge is 0.194 e. The summed E-state index contributed by atoms with van der Waals surface area (Å²) in [5.74, 6) is 0.814. The highest BCUT2D eigenvalue weighted by molar-refractivity contribution is 7.17. The first kappa shape index (κ1) is 13.7. The SMILES string of the molecule is COc1ccc(-c2nc3sc(C)c(C)n3c2CC#N)cc1. The normalized spacial score (nSPS) is 10.8.